The van der Waals surface area contributed by atoms with Crippen molar-refractivity contribution in [1.82, 2.24) is 24.9 Å². The van der Waals surface area contributed by atoms with Crippen LogP contribution in [0.5, 0.6) is 0 Å². The molecule has 0 aromatic carbocycles. The van der Waals surface area contributed by atoms with Crippen molar-refractivity contribution in [3.8, 4) is 11.3 Å². The number of hydrogen-bond acceptors (Lipinski definition) is 6. The van der Waals surface area contributed by atoms with Crippen LogP contribution in [0.3, 0.4) is 0 Å². The zero-order valence-electron chi connectivity index (χ0n) is 14.5. The zero-order valence-corrected chi connectivity index (χ0v) is 15.3. The highest BCUT2D eigenvalue weighted by atomic mass is 35.5. The Kier molecular flexibility index (Phi) is 5.28. The molecule has 1 aliphatic rings. The summed E-state index contributed by atoms with van der Waals surface area (Å²) < 4.78 is 1.59. The van der Waals surface area contributed by atoms with Gasteiger partial charge < -0.3 is 20.4 Å². The largest absolute Gasteiger partial charge is 0.465 e. The van der Waals surface area contributed by atoms with Gasteiger partial charge in [0, 0.05) is 30.0 Å². The number of halogens is 1. The van der Waals surface area contributed by atoms with Crippen LogP contribution in [0.4, 0.5) is 10.5 Å². The Morgan fingerprint density at radius 2 is 2.23 bits per heavy atom. The summed E-state index contributed by atoms with van der Waals surface area (Å²) in [6.45, 7) is 4.43. The minimum Gasteiger partial charge on any atom is -0.465 e. The van der Waals surface area contributed by atoms with E-state index in [4.69, 9.17) is 16.7 Å². The number of carbonyl (C=O) groups is 1. The van der Waals surface area contributed by atoms with Gasteiger partial charge in [-0.05, 0) is 26.3 Å². The second-order valence-electron chi connectivity index (χ2n) is 6.59. The molecule has 9 nitrogen and oxygen atoms in total. The highest BCUT2D eigenvalue weighted by Gasteiger charge is 2.32. The minimum atomic E-state index is -1.03. The van der Waals surface area contributed by atoms with E-state index in [0.717, 1.165) is 11.3 Å². The summed E-state index contributed by atoms with van der Waals surface area (Å²) in [4.78, 5) is 16.4. The number of likely N-dealkylation sites (tertiary alicyclic amines) is 1. The van der Waals surface area contributed by atoms with E-state index in [1.807, 2.05) is 13.8 Å². The summed E-state index contributed by atoms with van der Waals surface area (Å²) in [5.74, 6) is 0. The number of aliphatic hydroxyl groups is 1. The van der Waals surface area contributed by atoms with Gasteiger partial charge in [-0.25, -0.2) is 14.5 Å². The molecule has 2 aromatic rings. The highest BCUT2D eigenvalue weighted by molar-refractivity contribution is 6.29. The van der Waals surface area contributed by atoms with Crippen LogP contribution in [0.25, 0.3) is 11.3 Å². The van der Waals surface area contributed by atoms with E-state index in [9.17, 15) is 9.90 Å². The molecule has 3 rings (SSSR count). The number of anilines is 1. The number of carboxylic acid groups (broad SMARTS) is 1. The molecule has 10 heteroatoms. The fourth-order valence-electron chi connectivity index (χ4n) is 3.03. The number of aliphatic hydroxyl groups excluding tert-OH is 1. The summed E-state index contributed by atoms with van der Waals surface area (Å²) in [7, 11) is 0. The molecule has 1 fully saturated rings. The molecule has 0 spiro atoms. The predicted octanol–water partition coefficient (Wildman–Crippen LogP) is 2.10. The number of hydrogen-bond donors (Lipinski definition) is 3. The lowest BCUT2D eigenvalue weighted by molar-refractivity contribution is 0.0249. The number of nitrogens with zero attached hydrogens (tertiary/aromatic N) is 5. The van der Waals surface area contributed by atoms with Crippen molar-refractivity contribution in [2.75, 3.05) is 18.4 Å². The summed E-state index contributed by atoms with van der Waals surface area (Å²) in [6.07, 6.45) is 1.96. The van der Waals surface area contributed by atoms with Gasteiger partial charge in [-0.15, -0.1) is 5.10 Å². The predicted molar refractivity (Wildman–Crippen MR) is 96.3 cm³/mol. The van der Waals surface area contributed by atoms with E-state index in [0.29, 0.717) is 23.8 Å². The van der Waals surface area contributed by atoms with Gasteiger partial charge in [-0.3, -0.25) is 0 Å². The van der Waals surface area contributed by atoms with Crippen molar-refractivity contribution in [3.63, 3.8) is 0 Å². The van der Waals surface area contributed by atoms with Gasteiger partial charge in [0.05, 0.1) is 24.9 Å². The summed E-state index contributed by atoms with van der Waals surface area (Å²) in [5, 5.41) is 31.4. The second-order valence-corrected chi connectivity index (χ2v) is 6.97. The molecule has 26 heavy (non-hydrogen) atoms. The van der Waals surface area contributed by atoms with Crippen LogP contribution in [0.15, 0.2) is 18.5 Å². The first kappa shape index (κ1) is 18.4. The normalized spacial score (nSPS) is 20.4. The Labute approximate surface area is 155 Å². The first-order valence-electron chi connectivity index (χ1n) is 8.35. The lowest BCUT2D eigenvalue weighted by atomic mass is 10.0. The maximum Gasteiger partial charge on any atom is 0.407 e. The number of nitrogens with one attached hydrogen (secondary N) is 1. The van der Waals surface area contributed by atoms with Gasteiger partial charge in [-0.1, -0.05) is 16.8 Å². The molecule has 2 atom stereocenters. The van der Waals surface area contributed by atoms with Crippen LogP contribution in [0.1, 0.15) is 26.3 Å². The summed E-state index contributed by atoms with van der Waals surface area (Å²) >= 11 is 6.00. The van der Waals surface area contributed by atoms with Gasteiger partial charge in [0.1, 0.15) is 10.8 Å². The van der Waals surface area contributed by atoms with E-state index < -0.39 is 12.2 Å². The zero-order chi connectivity index (χ0) is 18.8. The smallest absolute Gasteiger partial charge is 0.407 e. The first-order chi connectivity index (χ1) is 12.3. The maximum absolute atomic E-state index is 11.0. The third kappa shape index (κ3) is 3.88. The average molecular weight is 381 g/mol. The Morgan fingerprint density at radius 3 is 2.88 bits per heavy atom. The minimum absolute atomic E-state index is 0.0534. The molecular weight excluding hydrogens is 360 g/mol. The Balaban J connectivity index is 1.84. The Morgan fingerprint density at radius 1 is 1.46 bits per heavy atom. The van der Waals surface area contributed by atoms with Gasteiger partial charge >= 0.3 is 6.09 Å². The lowest BCUT2D eigenvalue weighted by Crippen LogP contribution is -2.46. The number of β-amino-alcohol motifs (C(OH)–C–C–N with tert-alkyl or cyclic N) is 1. The van der Waals surface area contributed by atoms with Crippen molar-refractivity contribution in [2.24, 2.45) is 0 Å². The molecule has 1 saturated heterocycles. The van der Waals surface area contributed by atoms with E-state index >= 15 is 0 Å². The average Bonchev–Trinajstić information content (AvgIpc) is 3.03. The topological polar surface area (TPSA) is 116 Å². The number of pyridine rings is 1. The summed E-state index contributed by atoms with van der Waals surface area (Å²) in [6, 6.07) is 1.61. The number of rotatable bonds is 4. The lowest BCUT2D eigenvalue weighted by Gasteiger charge is -2.33. The second kappa shape index (κ2) is 7.46. The monoisotopic (exact) mass is 380 g/mol. The molecule has 2 aromatic heterocycles. The number of amides is 1. The van der Waals surface area contributed by atoms with Crippen LogP contribution in [-0.4, -0.2) is 66.4 Å². The van der Waals surface area contributed by atoms with Gasteiger partial charge in [0.15, 0.2) is 0 Å². The first-order valence-corrected chi connectivity index (χ1v) is 8.73. The molecule has 0 radical (unpaired) electrons. The van der Waals surface area contributed by atoms with Crippen molar-refractivity contribution in [1.29, 1.82) is 0 Å². The van der Waals surface area contributed by atoms with Gasteiger partial charge in [-0.2, -0.15) is 0 Å². The van der Waals surface area contributed by atoms with E-state index in [-0.39, 0.29) is 18.6 Å². The van der Waals surface area contributed by atoms with E-state index in [1.54, 1.807) is 23.1 Å². The van der Waals surface area contributed by atoms with Gasteiger partial charge in [0.2, 0.25) is 0 Å². The van der Waals surface area contributed by atoms with E-state index in [1.165, 1.54) is 4.90 Å². The van der Waals surface area contributed by atoms with E-state index in [2.05, 4.69) is 20.6 Å². The third-order valence-corrected chi connectivity index (χ3v) is 4.46. The van der Waals surface area contributed by atoms with Crippen molar-refractivity contribution < 1.29 is 15.0 Å². The number of piperidine rings is 1. The SMILES string of the molecule is CC(C)Nc1cc(Cl)ncc1-c1cn([C@@H]2CCN(C(=O)O)C[C@H]2O)nn1. The molecule has 0 aliphatic carbocycles. The number of aromatic nitrogens is 4. The molecule has 3 N–H and O–H groups in total. The van der Waals surface area contributed by atoms with Crippen molar-refractivity contribution >= 4 is 23.4 Å². The molecule has 0 bridgehead atoms. The molecule has 0 unspecified atom stereocenters. The summed E-state index contributed by atoms with van der Waals surface area (Å²) in [5.41, 5.74) is 2.16. The van der Waals surface area contributed by atoms with Crippen LogP contribution < -0.4 is 5.32 Å². The molecule has 1 aliphatic heterocycles. The molecular formula is C16H21ClN6O3. The molecule has 3 heterocycles. The fourth-order valence-corrected chi connectivity index (χ4v) is 3.19. The molecule has 0 saturated carbocycles. The molecule has 140 valence electrons. The van der Waals surface area contributed by atoms with Crippen LogP contribution in [0, 0.1) is 0 Å². The van der Waals surface area contributed by atoms with Crippen LogP contribution >= 0.6 is 11.6 Å². The van der Waals surface area contributed by atoms with Gasteiger partial charge in [0.25, 0.3) is 0 Å². The third-order valence-electron chi connectivity index (χ3n) is 4.26. The van der Waals surface area contributed by atoms with Crippen LogP contribution in [-0.2, 0) is 0 Å². The van der Waals surface area contributed by atoms with Crippen molar-refractivity contribution in [2.45, 2.75) is 38.5 Å². The fraction of sp³-hybridized carbons (Fsp3) is 0.500. The maximum atomic E-state index is 11.0. The molecule has 1 amide bonds. The standard InChI is InChI=1S/C16H21ClN6O3/c1-9(2)19-11-5-15(17)18-6-10(11)12-7-23(21-20-12)13-3-4-22(16(25)26)8-14(13)24/h5-7,9,13-14,24H,3-4,8H2,1-2H3,(H,18,19)(H,25,26)/t13-,14-/m1/s1. The Bertz CT molecular complexity index is 796. The van der Waals surface area contributed by atoms with Crippen LogP contribution in [0.2, 0.25) is 5.15 Å². The van der Waals surface area contributed by atoms with Crippen molar-refractivity contribution in [3.05, 3.63) is 23.6 Å². The Hall–Kier alpha value is -2.39. The highest BCUT2D eigenvalue weighted by Crippen LogP contribution is 2.30. The quantitative estimate of drug-likeness (QED) is 0.695.